The lowest BCUT2D eigenvalue weighted by atomic mass is 10.2. The van der Waals surface area contributed by atoms with Gasteiger partial charge >= 0.3 is 0 Å². The lowest BCUT2D eigenvalue weighted by molar-refractivity contribution is 0.657. The second kappa shape index (κ2) is 5.12. The van der Waals surface area contributed by atoms with Crippen LogP contribution in [0.4, 0.5) is 11.5 Å². The van der Waals surface area contributed by atoms with Gasteiger partial charge in [0.1, 0.15) is 5.82 Å². The molecule has 18 heavy (non-hydrogen) atoms. The summed E-state index contributed by atoms with van der Waals surface area (Å²) in [7, 11) is 1.92. The summed E-state index contributed by atoms with van der Waals surface area (Å²) in [6.45, 7) is 5.61. The van der Waals surface area contributed by atoms with E-state index in [-0.39, 0.29) is 0 Å². The van der Waals surface area contributed by atoms with E-state index in [1.165, 1.54) is 5.56 Å². The number of nitrogens with two attached hydrogens (primary N) is 1. The number of aryl methyl sites for hydroxylation is 3. The first-order chi connectivity index (χ1) is 8.61. The third-order valence-corrected chi connectivity index (χ3v) is 2.94. The molecular formula is C12H20N6. The Balaban J connectivity index is 1.98. The van der Waals surface area contributed by atoms with Crippen LogP contribution in [0, 0.1) is 6.92 Å². The Hall–Kier alpha value is -1.98. The summed E-state index contributed by atoms with van der Waals surface area (Å²) in [6.07, 6.45) is 4.82. The molecule has 0 unspecified atom stereocenters. The SMILES string of the molecule is CCn1nc(C)c(N)c1NCCc1cnn(C)c1. The minimum atomic E-state index is 0.739. The number of anilines is 2. The molecule has 6 nitrogen and oxygen atoms in total. The van der Waals surface area contributed by atoms with Crippen LogP contribution in [0.25, 0.3) is 0 Å². The Bertz CT molecular complexity index is 525. The lowest BCUT2D eigenvalue weighted by Gasteiger charge is -2.08. The highest BCUT2D eigenvalue weighted by molar-refractivity contribution is 5.64. The zero-order valence-corrected chi connectivity index (χ0v) is 11.1. The van der Waals surface area contributed by atoms with Crippen LogP contribution >= 0.6 is 0 Å². The van der Waals surface area contributed by atoms with Gasteiger partial charge in [-0.25, -0.2) is 4.68 Å². The van der Waals surface area contributed by atoms with Gasteiger partial charge in [0.15, 0.2) is 0 Å². The van der Waals surface area contributed by atoms with Crippen LogP contribution in [0.15, 0.2) is 12.4 Å². The Morgan fingerprint density at radius 3 is 2.83 bits per heavy atom. The normalized spacial score (nSPS) is 10.8. The van der Waals surface area contributed by atoms with E-state index in [0.29, 0.717) is 0 Å². The number of aromatic nitrogens is 4. The highest BCUT2D eigenvalue weighted by Crippen LogP contribution is 2.21. The van der Waals surface area contributed by atoms with Crippen LogP contribution in [-0.2, 0) is 20.0 Å². The van der Waals surface area contributed by atoms with Crippen molar-refractivity contribution < 1.29 is 0 Å². The molecule has 0 aliphatic heterocycles. The first-order valence-electron chi connectivity index (χ1n) is 6.16. The van der Waals surface area contributed by atoms with Crippen molar-refractivity contribution in [1.82, 2.24) is 19.6 Å². The molecule has 0 fully saturated rings. The molecular weight excluding hydrogens is 228 g/mol. The molecule has 0 bridgehead atoms. The van der Waals surface area contributed by atoms with Crippen molar-refractivity contribution in [2.75, 3.05) is 17.6 Å². The predicted octanol–water partition coefficient (Wildman–Crippen LogP) is 1.18. The molecule has 2 aromatic heterocycles. The van der Waals surface area contributed by atoms with E-state index >= 15 is 0 Å². The van der Waals surface area contributed by atoms with Crippen LogP contribution in [0.1, 0.15) is 18.2 Å². The lowest BCUT2D eigenvalue weighted by Crippen LogP contribution is -2.11. The van der Waals surface area contributed by atoms with Crippen molar-refractivity contribution >= 4 is 11.5 Å². The molecule has 98 valence electrons. The fourth-order valence-electron chi connectivity index (χ4n) is 1.94. The second-order valence-electron chi connectivity index (χ2n) is 4.36. The van der Waals surface area contributed by atoms with Crippen LogP contribution < -0.4 is 11.1 Å². The Kier molecular flexibility index (Phi) is 3.55. The van der Waals surface area contributed by atoms with Gasteiger partial charge in [-0.1, -0.05) is 0 Å². The van der Waals surface area contributed by atoms with Gasteiger partial charge in [0.2, 0.25) is 0 Å². The third-order valence-electron chi connectivity index (χ3n) is 2.94. The van der Waals surface area contributed by atoms with E-state index in [2.05, 4.69) is 22.4 Å². The molecule has 0 atom stereocenters. The smallest absolute Gasteiger partial charge is 0.148 e. The summed E-state index contributed by atoms with van der Waals surface area (Å²) in [6, 6.07) is 0. The average Bonchev–Trinajstić information content (AvgIpc) is 2.87. The van der Waals surface area contributed by atoms with E-state index in [4.69, 9.17) is 5.73 Å². The zero-order valence-electron chi connectivity index (χ0n) is 11.1. The summed E-state index contributed by atoms with van der Waals surface area (Å²) < 4.78 is 3.71. The van der Waals surface area contributed by atoms with E-state index in [1.54, 1.807) is 0 Å². The van der Waals surface area contributed by atoms with Crippen LogP contribution in [0.5, 0.6) is 0 Å². The van der Waals surface area contributed by atoms with Crippen LogP contribution in [0.3, 0.4) is 0 Å². The van der Waals surface area contributed by atoms with E-state index < -0.39 is 0 Å². The van der Waals surface area contributed by atoms with Gasteiger partial charge in [-0.3, -0.25) is 4.68 Å². The molecule has 0 spiro atoms. The molecule has 0 aliphatic carbocycles. The molecule has 3 N–H and O–H groups in total. The number of nitrogen functional groups attached to an aromatic ring is 1. The summed E-state index contributed by atoms with van der Waals surface area (Å²) in [5.41, 5.74) is 8.83. The maximum Gasteiger partial charge on any atom is 0.148 e. The largest absolute Gasteiger partial charge is 0.394 e. The van der Waals surface area contributed by atoms with Gasteiger partial charge in [-0.2, -0.15) is 10.2 Å². The van der Waals surface area contributed by atoms with Crippen molar-refractivity contribution in [1.29, 1.82) is 0 Å². The van der Waals surface area contributed by atoms with Gasteiger partial charge in [-0.05, 0) is 25.8 Å². The maximum atomic E-state index is 6.00. The number of hydrogen-bond donors (Lipinski definition) is 2. The zero-order chi connectivity index (χ0) is 13.1. The number of nitrogens with zero attached hydrogens (tertiary/aromatic N) is 4. The fraction of sp³-hybridized carbons (Fsp3) is 0.500. The monoisotopic (exact) mass is 248 g/mol. The Morgan fingerprint density at radius 2 is 2.22 bits per heavy atom. The molecule has 0 saturated carbocycles. The van der Waals surface area contributed by atoms with Crippen molar-refractivity contribution in [2.45, 2.75) is 26.8 Å². The maximum absolute atomic E-state index is 6.00. The second-order valence-corrected chi connectivity index (χ2v) is 4.36. The summed E-state index contributed by atoms with van der Waals surface area (Å²) in [4.78, 5) is 0. The number of rotatable bonds is 5. The highest BCUT2D eigenvalue weighted by atomic mass is 15.3. The quantitative estimate of drug-likeness (QED) is 0.833. The van der Waals surface area contributed by atoms with Crippen molar-refractivity contribution in [3.63, 3.8) is 0 Å². The topological polar surface area (TPSA) is 73.7 Å². The average molecular weight is 248 g/mol. The minimum absolute atomic E-state index is 0.739. The van der Waals surface area contributed by atoms with E-state index in [0.717, 1.165) is 36.7 Å². The molecule has 2 aromatic rings. The van der Waals surface area contributed by atoms with E-state index in [1.807, 2.05) is 35.7 Å². The first-order valence-corrected chi connectivity index (χ1v) is 6.16. The fourth-order valence-corrected chi connectivity index (χ4v) is 1.94. The van der Waals surface area contributed by atoms with Crippen LogP contribution in [-0.4, -0.2) is 26.1 Å². The van der Waals surface area contributed by atoms with Crippen molar-refractivity contribution in [3.8, 4) is 0 Å². The predicted molar refractivity (Wildman–Crippen MR) is 72.5 cm³/mol. The standard InChI is InChI=1S/C12H20N6/c1-4-18-12(11(13)9(2)16-18)14-6-5-10-7-15-17(3)8-10/h7-8,14H,4-6,13H2,1-3H3. The molecule has 0 amide bonds. The van der Waals surface area contributed by atoms with Gasteiger partial charge in [-0.15, -0.1) is 0 Å². The van der Waals surface area contributed by atoms with Crippen molar-refractivity contribution in [3.05, 3.63) is 23.7 Å². The third kappa shape index (κ3) is 2.47. The summed E-state index contributed by atoms with van der Waals surface area (Å²) in [5.74, 6) is 0.916. The van der Waals surface area contributed by atoms with Gasteiger partial charge in [0, 0.05) is 26.3 Å². The molecule has 2 rings (SSSR count). The molecule has 0 aliphatic rings. The highest BCUT2D eigenvalue weighted by Gasteiger charge is 2.10. The Labute approximate surface area is 107 Å². The molecule has 0 radical (unpaired) electrons. The molecule has 0 aromatic carbocycles. The van der Waals surface area contributed by atoms with Gasteiger partial charge in [0.05, 0.1) is 17.6 Å². The first kappa shape index (κ1) is 12.5. The molecule has 0 saturated heterocycles. The summed E-state index contributed by atoms with van der Waals surface area (Å²) in [5, 5.41) is 11.9. The molecule has 6 heteroatoms. The van der Waals surface area contributed by atoms with Gasteiger partial charge in [0.25, 0.3) is 0 Å². The summed E-state index contributed by atoms with van der Waals surface area (Å²) >= 11 is 0. The van der Waals surface area contributed by atoms with E-state index in [9.17, 15) is 0 Å². The number of hydrogen-bond acceptors (Lipinski definition) is 4. The van der Waals surface area contributed by atoms with Crippen molar-refractivity contribution in [2.24, 2.45) is 7.05 Å². The number of nitrogens with one attached hydrogen (secondary N) is 1. The Morgan fingerprint density at radius 1 is 1.44 bits per heavy atom. The minimum Gasteiger partial charge on any atom is -0.394 e. The van der Waals surface area contributed by atoms with Crippen LogP contribution in [0.2, 0.25) is 0 Å². The van der Waals surface area contributed by atoms with Gasteiger partial charge < -0.3 is 11.1 Å². The molecule has 2 heterocycles.